The minimum atomic E-state index is -0.696. The van der Waals surface area contributed by atoms with Gasteiger partial charge in [-0.15, -0.1) is 0 Å². The Labute approximate surface area is 180 Å². The Kier molecular flexibility index (Phi) is 6.22. The molecular weight excluding hydrogens is 398 g/mol. The van der Waals surface area contributed by atoms with Crippen molar-refractivity contribution in [2.45, 2.75) is 18.5 Å². The average Bonchev–Trinajstić information content (AvgIpc) is 2.81. The first-order valence-electron chi connectivity index (χ1n) is 10.3. The minimum absolute atomic E-state index is 0.138. The minimum Gasteiger partial charge on any atom is -0.383 e. The van der Waals surface area contributed by atoms with Crippen LogP contribution in [-0.4, -0.2) is 94.4 Å². The summed E-state index contributed by atoms with van der Waals surface area (Å²) in [5.41, 5.74) is 1.24. The molecule has 162 valence electrons. The van der Waals surface area contributed by atoms with Crippen molar-refractivity contribution in [3.05, 3.63) is 60.2 Å². The molecule has 1 aromatic heterocycles. The third kappa shape index (κ3) is 4.27. The van der Waals surface area contributed by atoms with Crippen LogP contribution in [0.2, 0.25) is 0 Å². The number of methoxy groups -OCH3 is 1. The SMILES string of the molecule is COCCN1CCN2C(=O)[C@H](Cc3ccccc3)N(C(=O)c3cncnc3)C[C@H]2C1=O. The predicted molar refractivity (Wildman–Crippen MR) is 111 cm³/mol. The molecule has 2 aromatic rings. The first kappa shape index (κ1) is 20.9. The highest BCUT2D eigenvalue weighted by atomic mass is 16.5. The number of carbonyl (C=O) groups is 3. The number of ether oxygens (including phenoxy) is 1. The van der Waals surface area contributed by atoms with Gasteiger partial charge in [0.2, 0.25) is 11.8 Å². The smallest absolute Gasteiger partial charge is 0.257 e. The largest absolute Gasteiger partial charge is 0.383 e. The average molecular weight is 423 g/mol. The number of fused-ring (bicyclic) bond motifs is 1. The number of rotatable bonds is 6. The Morgan fingerprint density at radius 2 is 1.84 bits per heavy atom. The standard InChI is InChI=1S/C22H25N5O4/c1-31-10-9-25-7-8-26-19(21(25)29)14-27(20(28)17-12-23-15-24-13-17)18(22(26)30)11-16-5-3-2-4-6-16/h2-6,12-13,15,18-19H,7-11,14H2,1H3/t18-,19-/m0/s1. The summed E-state index contributed by atoms with van der Waals surface area (Å²) < 4.78 is 5.10. The van der Waals surface area contributed by atoms with Gasteiger partial charge in [-0.3, -0.25) is 14.4 Å². The first-order valence-corrected chi connectivity index (χ1v) is 10.3. The van der Waals surface area contributed by atoms with Crippen molar-refractivity contribution in [1.82, 2.24) is 24.7 Å². The van der Waals surface area contributed by atoms with E-state index in [1.54, 1.807) is 16.9 Å². The maximum Gasteiger partial charge on any atom is 0.257 e. The summed E-state index contributed by atoms with van der Waals surface area (Å²) in [4.78, 5) is 52.6. The van der Waals surface area contributed by atoms with Crippen LogP contribution < -0.4 is 0 Å². The van der Waals surface area contributed by atoms with Gasteiger partial charge in [0, 0.05) is 45.6 Å². The van der Waals surface area contributed by atoms with Crippen molar-refractivity contribution < 1.29 is 19.1 Å². The lowest BCUT2D eigenvalue weighted by Crippen LogP contribution is -2.70. The summed E-state index contributed by atoms with van der Waals surface area (Å²) in [5, 5.41) is 0. The highest BCUT2D eigenvalue weighted by Gasteiger charge is 2.48. The number of nitrogens with zero attached hydrogens (tertiary/aromatic N) is 5. The molecule has 2 aliphatic rings. The van der Waals surface area contributed by atoms with Crippen LogP contribution in [0.15, 0.2) is 49.1 Å². The maximum absolute atomic E-state index is 13.5. The second-order valence-electron chi connectivity index (χ2n) is 7.66. The van der Waals surface area contributed by atoms with Crippen LogP contribution >= 0.6 is 0 Å². The molecule has 9 nitrogen and oxygen atoms in total. The van der Waals surface area contributed by atoms with Crippen molar-refractivity contribution in [3.63, 3.8) is 0 Å². The van der Waals surface area contributed by atoms with Gasteiger partial charge in [0.1, 0.15) is 18.4 Å². The van der Waals surface area contributed by atoms with Crippen molar-refractivity contribution in [3.8, 4) is 0 Å². The van der Waals surface area contributed by atoms with E-state index in [4.69, 9.17) is 4.74 Å². The topological polar surface area (TPSA) is 95.9 Å². The van der Waals surface area contributed by atoms with Crippen molar-refractivity contribution in [1.29, 1.82) is 0 Å². The fourth-order valence-corrected chi connectivity index (χ4v) is 4.18. The van der Waals surface area contributed by atoms with Gasteiger partial charge in [-0.2, -0.15) is 0 Å². The molecule has 0 spiro atoms. The summed E-state index contributed by atoms with van der Waals surface area (Å²) in [6.07, 6.45) is 4.59. The number of amides is 3. The van der Waals surface area contributed by atoms with E-state index in [1.807, 2.05) is 30.3 Å². The zero-order valence-electron chi connectivity index (χ0n) is 17.4. The van der Waals surface area contributed by atoms with Crippen molar-refractivity contribution in [2.75, 3.05) is 39.9 Å². The van der Waals surface area contributed by atoms with E-state index in [0.717, 1.165) is 5.56 Å². The van der Waals surface area contributed by atoms with E-state index >= 15 is 0 Å². The molecule has 2 atom stereocenters. The fourth-order valence-electron chi connectivity index (χ4n) is 4.18. The van der Waals surface area contributed by atoms with Crippen LogP contribution in [0, 0.1) is 0 Å². The molecule has 1 aromatic carbocycles. The van der Waals surface area contributed by atoms with E-state index in [2.05, 4.69) is 9.97 Å². The Balaban J connectivity index is 1.64. The summed E-state index contributed by atoms with van der Waals surface area (Å²) >= 11 is 0. The highest BCUT2D eigenvalue weighted by molar-refractivity contribution is 6.00. The second-order valence-corrected chi connectivity index (χ2v) is 7.66. The lowest BCUT2D eigenvalue weighted by molar-refractivity contribution is -0.160. The van der Waals surface area contributed by atoms with Crippen LogP contribution in [-0.2, 0) is 20.7 Å². The zero-order chi connectivity index (χ0) is 21.8. The molecule has 0 radical (unpaired) electrons. The van der Waals surface area contributed by atoms with Crippen molar-refractivity contribution >= 4 is 17.7 Å². The third-order valence-electron chi connectivity index (χ3n) is 5.80. The molecule has 3 heterocycles. The number of hydrogen-bond acceptors (Lipinski definition) is 6. The Hall–Kier alpha value is -3.33. The summed E-state index contributed by atoms with van der Waals surface area (Å²) in [6.45, 7) is 1.93. The van der Waals surface area contributed by atoms with Gasteiger partial charge in [-0.1, -0.05) is 30.3 Å². The van der Waals surface area contributed by atoms with Crippen LogP contribution in [0.3, 0.4) is 0 Å². The number of piperazine rings is 2. The third-order valence-corrected chi connectivity index (χ3v) is 5.80. The van der Waals surface area contributed by atoms with E-state index < -0.39 is 12.1 Å². The van der Waals surface area contributed by atoms with Gasteiger partial charge in [0.15, 0.2) is 0 Å². The normalized spacial score (nSPS) is 21.3. The fraction of sp³-hybridized carbons (Fsp3) is 0.409. The van der Waals surface area contributed by atoms with Crippen LogP contribution in [0.1, 0.15) is 15.9 Å². The van der Waals surface area contributed by atoms with Gasteiger partial charge in [-0.25, -0.2) is 9.97 Å². The van der Waals surface area contributed by atoms with E-state index in [-0.39, 0.29) is 24.3 Å². The van der Waals surface area contributed by atoms with Gasteiger partial charge in [0.25, 0.3) is 5.91 Å². The van der Waals surface area contributed by atoms with Crippen LogP contribution in [0.5, 0.6) is 0 Å². The van der Waals surface area contributed by atoms with Gasteiger partial charge in [0.05, 0.1) is 18.7 Å². The second kappa shape index (κ2) is 9.22. The summed E-state index contributed by atoms with van der Waals surface area (Å²) in [5.74, 6) is -0.710. The van der Waals surface area contributed by atoms with Gasteiger partial charge in [-0.05, 0) is 5.56 Å². The molecule has 31 heavy (non-hydrogen) atoms. The highest BCUT2D eigenvalue weighted by Crippen LogP contribution is 2.25. The molecule has 0 aliphatic carbocycles. The molecule has 0 saturated carbocycles. The molecule has 3 amide bonds. The summed E-state index contributed by atoms with van der Waals surface area (Å²) in [7, 11) is 1.58. The monoisotopic (exact) mass is 423 g/mol. The molecule has 2 aliphatic heterocycles. The first-order chi connectivity index (χ1) is 15.1. The van der Waals surface area contributed by atoms with Crippen LogP contribution in [0.4, 0.5) is 0 Å². The molecule has 0 N–H and O–H groups in total. The molecule has 0 bridgehead atoms. The number of aromatic nitrogens is 2. The van der Waals surface area contributed by atoms with Crippen LogP contribution in [0.25, 0.3) is 0 Å². The lowest BCUT2D eigenvalue weighted by atomic mass is 9.96. The molecule has 4 rings (SSSR count). The number of carbonyl (C=O) groups excluding carboxylic acids is 3. The maximum atomic E-state index is 13.5. The Morgan fingerprint density at radius 1 is 1.10 bits per heavy atom. The Morgan fingerprint density at radius 3 is 2.55 bits per heavy atom. The van der Waals surface area contributed by atoms with E-state index in [9.17, 15) is 14.4 Å². The number of benzene rings is 1. The summed E-state index contributed by atoms with van der Waals surface area (Å²) in [6, 6.07) is 8.19. The predicted octanol–water partition coefficient (Wildman–Crippen LogP) is 0.230. The molecule has 0 unspecified atom stereocenters. The quantitative estimate of drug-likeness (QED) is 0.660. The molecule has 2 fully saturated rings. The van der Waals surface area contributed by atoms with Gasteiger partial charge >= 0.3 is 0 Å². The van der Waals surface area contributed by atoms with E-state index in [0.29, 0.717) is 38.2 Å². The van der Waals surface area contributed by atoms with Crippen molar-refractivity contribution in [2.24, 2.45) is 0 Å². The van der Waals surface area contributed by atoms with E-state index in [1.165, 1.54) is 23.6 Å². The van der Waals surface area contributed by atoms with Gasteiger partial charge < -0.3 is 19.4 Å². The number of hydrogen-bond donors (Lipinski definition) is 0. The zero-order valence-corrected chi connectivity index (χ0v) is 17.4. The molecule has 2 saturated heterocycles. The molecular formula is C22H25N5O4. The Bertz CT molecular complexity index is 939. The lowest BCUT2D eigenvalue weighted by Gasteiger charge is -2.49. The molecule has 9 heteroatoms.